The Morgan fingerprint density at radius 2 is 1.96 bits per heavy atom. The molecular weight excluding hydrogens is 336 g/mol. The third-order valence-corrected chi connectivity index (χ3v) is 8.05. The summed E-state index contributed by atoms with van der Waals surface area (Å²) in [7, 11) is -3.44. The highest BCUT2D eigenvalue weighted by atomic mass is 32.2. The molecule has 25 heavy (non-hydrogen) atoms. The van der Waals surface area contributed by atoms with Crippen molar-refractivity contribution in [2.45, 2.75) is 49.8 Å². The van der Waals surface area contributed by atoms with Gasteiger partial charge < -0.3 is 5.32 Å². The molecule has 2 saturated carbocycles. The molecule has 2 bridgehead atoms. The summed E-state index contributed by atoms with van der Waals surface area (Å²) in [5.41, 5.74) is 0.577. The molecule has 1 saturated heterocycles. The number of anilines is 1. The van der Waals surface area contributed by atoms with Crippen molar-refractivity contribution in [2.75, 3.05) is 18.4 Å². The summed E-state index contributed by atoms with van der Waals surface area (Å²) in [5, 5.41) is 2.91. The minimum absolute atomic E-state index is 0.00766. The van der Waals surface area contributed by atoms with Crippen LogP contribution in [0.3, 0.4) is 0 Å². The molecule has 5 nitrogen and oxygen atoms in total. The van der Waals surface area contributed by atoms with E-state index >= 15 is 0 Å². The van der Waals surface area contributed by atoms with Crippen LogP contribution in [-0.2, 0) is 14.8 Å². The molecule has 3 aliphatic rings. The molecule has 4 rings (SSSR count). The highest BCUT2D eigenvalue weighted by Crippen LogP contribution is 2.49. The SMILES string of the molecule is O=C(C[C@H]1C[C@H]2CC[C@@H]1C2)Nc1cccc(S(=O)(=O)N2CCCC2)c1. The van der Waals surface area contributed by atoms with Gasteiger partial charge >= 0.3 is 0 Å². The van der Waals surface area contributed by atoms with Gasteiger partial charge in [-0.2, -0.15) is 4.31 Å². The van der Waals surface area contributed by atoms with Gasteiger partial charge in [-0.15, -0.1) is 0 Å². The number of fused-ring (bicyclic) bond motifs is 2. The van der Waals surface area contributed by atoms with E-state index in [1.807, 2.05) is 0 Å². The van der Waals surface area contributed by atoms with Crippen LogP contribution >= 0.6 is 0 Å². The van der Waals surface area contributed by atoms with Crippen LogP contribution in [0, 0.1) is 17.8 Å². The van der Waals surface area contributed by atoms with Crippen molar-refractivity contribution in [3.8, 4) is 0 Å². The molecule has 3 fully saturated rings. The zero-order valence-corrected chi connectivity index (χ0v) is 15.3. The van der Waals surface area contributed by atoms with Crippen molar-refractivity contribution in [2.24, 2.45) is 17.8 Å². The smallest absolute Gasteiger partial charge is 0.243 e. The first-order valence-electron chi connectivity index (χ1n) is 9.42. The number of hydrogen-bond donors (Lipinski definition) is 1. The van der Waals surface area contributed by atoms with Crippen LogP contribution in [0.1, 0.15) is 44.9 Å². The van der Waals surface area contributed by atoms with Gasteiger partial charge in [-0.25, -0.2) is 8.42 Å². The van der Waals surface area contributed by atoms with Crippen LogP contribution in [0.2, 0.25) is 0 Å². The van der Waals surface area contributed by atoms with Crippen LogP contribution in [0.15, 0.2) is 29.2 Å². The van der Waals surface area contributed by atoms with Crippen LogP contribution < -0.4 is 5.32 Å². The molecule has 2 aliphatic carbocycles. The van der Waals surface area contributed by atoms with Crippen molar-refractivity contribution in [3.63, 3.8) is 0 Å². The number of nitrogens with zero attached hydrogens (tertiary/aromatic N) is 1. The van der Waals surface area contributed by atoms with Gasteiger partial charge in [-0.3, -0.25) is 4.79 Å². The van der Waals surface area contributed by atoms with Crippen molar-refractivity contribution in [1.29, 1.82) is 0 Å². The van der Waals surface area contributed by atoms with E-state index in [4.69, 9.17) is 0 Å². The normalized spacial score (nSPS) is 29.2. The maximum atomic E-state index is 12.7. The first-order chi connectivity index (χ1) is 12.0. The van der Waals surface area contributed by atoms with Gasteiger partial charge in [0.25, 0.3) is 0 Å². The average molecular weight is 362 g/mol. The van der Waals surface area contributed by atoms with E-state index in [1.165, 1.54) is 30.0 Å². The topological polar surface area (TPSA) is 66.5 Å². The molecular formula is C19H26N2O3S. The number of hydrogen-bond acceptors (Lipinski definition) is 3. The summed E-state index contributed by atoms with van der Waals surface area (Å²) in [5.74, 6) is 2.07. The maximum absolute atomic E-state index is 12.7. The Hall–Kier alpha value is -1.40. The summed E-state index contributed by atoms with van der Waals surface area (Å²) in [6.07, 6.45) is 7.47. The largest absolute Gasteiger partial charge is 0.326 e. The maximum Gasteiger partial charge on any atom is 0.243 e. The van der Waals surface area contributed by atoms with E-state index < -0.39 is 10.0 Å². The predicted molar refractivity (Wildman–Crippen MR) is 96.6 cm³/mol. The summed E-state index contributed by atoms with van der Waals surface area (Å²) in [4.78, 5) is 12.7. The third-order valence-electron chi connectivity index (χ3n) is 6.15. The monoisotopic (exact) mass is 362 g/mol. The standard InChI is InChI=1S/C19H26N2O3S/c22-19(12-16-11-14-6-7-15(16)10-14)20-17-4-3-5-18(13-17)25(23,24)21-8-1-2-9-21/h3-5,13-16H,1-2,6-12H2,(H,20,22)/t14-,15+,16+/m0/s1. The summed E-state index contributed by atoms with van der Waals surface area (Å²) in [6.45, 7) is 1.17. The first kappa shape index (κ1) is 17.0. The van der Waals surface area contributed by atoms with E-state index in [0.29, 0.717) is 31.1 Å². The number of benzene rings is 1. The molecule has 1 amide bonds. The van der Waals surface area contributed by atoms with Gasteiger partial charge in [0.1, 0.15) is 0 Å². The second-order valence-electron chi connectivity index (χ2n) is 7.83. The fourth-order valence-corrected chi connectivity index (χ4v) is 6.45. The van der Waals surface area contributed by atoms with E-state index in [2.05, 4.69) is 5.32 Å². The number of rotatable bonds is 5. The number of sulfonamides is 1. The predicted octanol–water partition coefficient (Wildman–Crippen LogP) is 3.24. The van der Waals surface area contributed by atoms with E-state index in [-0.39, 0.29) is 10.8 Å². The van der Waals surface area contributed by atoms with Crippen LogP contribution in [0.4, 0.5) is 5.69 Å². The lowest BCUT2D eigenvalue weighted by atomic mass is 9.86. The highest BCUT2D eigenvalue weighted by molar-refractivity contribution is 7.89. The van der Waals surface area contributed by atoms with Gasteiger partial charge in [0.15, 0.2) is 0 Å². The molecule has 0 unspecified atom stereocenters. The first-order valence-corrected chi connectivity index (χ1v) is 10.9. The van der Waals surface area contributed by atoms with Crippen LogP contribution in [0.25, 0.3) is 0 Å². The van der Waals surface area contributed by atoms with Crippen molar-refractivity contribution in [1.82, 2.24) is 4.31 Å². The molecule has 1 aromatic carbocycles. The fourth-order valence-electron chi connectivity index (χ4n) is 4.89. The van der Waals surface area contributed by atoms with Gasteiger partial charge in [-0.1, -0.05) is 12.5 Å². The Kier molecular flexibility index (Phi) is 4.58. The second-order valence-corrected chi connectivity index (χ2v) is 9.76. The molecule has 1 N–H and O–H groups in total. The lowest BCUT2D eigenvalue weighted by Crippen LogP contribution is -2.28. The summed E-state index contributed by atoms with van der Waals surface area (Å²) in [6, 6.07) is 6.67. The Labute approximate surface area is 149 Å². The Balaban J connectivity index is 1.42. The average Bonchev–Trinajstić information content (AvgIpc) is 3.33. The summed E-state index contributed by atoms with van der Waals surface area (Å²) < 4.78 is 26.8. The summed E-state index contributed by atoms with van der Waals surface area (Å²) >= 11 is 0. The molecule has 1 heterocycles. The van der Waals surface area contributed by atoms with Gasteiger partial charge in [0.05, 0.1) is 4.90 Å². The lowest BCUT2D eigenvalue weighted by molar-refractivity contribution is -0.117. The highest BCUT2D eigenvalue weighted by Gasteiger charge is 2.40. The molecule has 0 spiro atoms. The minimum atomic E-state index is -3.44. The fraction of sp³-hybridized carbons (Fsp3) is 0.632. The van der Waals surface area contributed by atoms with E-state index in [1.54, 1.807) is 24.3 Å². The molecule has 1 aliphatic heterocycles. The van der Waals surface area contributed by atoms with Crippen molar-refractivity contribution in [3.05, 3.63) is 24.3 Å². The van der Waals surface area contributed by atoms with E-state index in [0.717, 1.165) is 24.7 Å². The number of nitrogens with one attached hydrogen (secondary N) is 1. The molecule has 6 heteroatoms. The van der Waals surface area contributed by atoms with Gasteiger partial charge in [-0.05, 0) is 68.1 Å². The number of carbonyl (C=O) groups is 1. The van der Waals surface area contributed by atoms with Crippen molar-refractivity contribution < 1.29 is 13.2 Å². The number of carbonyl (C=O) groups excluding carboxylic acids is 1. The number of amides is 1. The molecule has 136 valence electrons. The zero-order chi connectivity index (χ0) is 17.4. The Morgan fingerprint density at radius 1 is 1.16 bits per heavy atom. The quantitative estimate of drug-likeness (QED) is 0.874. The second kappa shape index (κ2) is 6.72. The van der Waals surface area contributed by atoms with Crippen molar-refractivity contribution >= 4 is 21.6 Å². The zero-order valence-electron chi connectivity index (χ0n) is 14.5. The Bertz CT molecular complexity index is 756. The molecule has 1 aromatic rings. The molecule has 0 radical (unpaired) electrons. The minimum Gasteiger partial charge on any atom is -0.326 e. The van der Waals surface area contributed by atoms with Gasteiger partial charge in [0, 0.05) is 25.2 Å². The van der Waals surface area contributed by atoms with Gasteiger partial charge in [0.2, 0.25) is 15.9 Å². The lowest BCUT2D eigenvalue weighted by Gasteiger charge is -2.21. The molecule has 3 atom stereocenters. The Morgan fingerprint density at radius 3 is 2.64 bits per heavy atom. The van der Waals surface area contributed by atoms with Crippen LogP contribution in [0.5, 0.6) is 0 Å². The van der Waals surface area contributed by atoms with Crippen LogP contribution in [-0.4, -0.2) is 31.7 Å². The molecule has 0 aromatic heterocycles. The third kappa shape index (κ3) is 3.47. The van der Waals surface area contributed by atoms with E-state index in [9.17, 15) is 13.2 Å².